The van der Waals surface area contributed by atoms with E-state index in [0.29, 0.717) is 11.3 Å². The third kappa shape index (κ3) is 5.04. The number of para-hydroxylation sites is 1. The van der Waals surface area contributed by atoms with Crippen LogP contribution in [-0.4, -0.2) is 34.5 Å². The average molecular weight is 362 g/mol. The van der Waals surface area contributed by atoms with E-state index in [1.165, 1.54) is 7.11 Å². The minimum Gasteiger partial charge on any atom is -0.496 e. The number of nitrogens with one attached hydrogen (secondary N) is 2. The molecule has 0 saturated carbocycles. The lowest BCUT2D eigenvalue weighted by atomic mass is 10.2. The highest BCUT2D eigenvalue weighted by atomic mass is 32.2. The second kappa shape index (κ2) is 8.64. The van der Waals surface area contributed by atoms with E-state index in [9.17, 15) is 13.2 Å². The van der Waals surface area contributed by atoms with Crippen molar-refractivity contribution in [3.05, 3.63) is 59.7 Å². The monoisotopic (exact) mass is 362 g/mol. The zero-order valence-corrected chi connectivity index (χ0v) is 15.1. The quantitative estimate of drug-likeness (QED) is 0.703. The predicted octanol–water partition coefficient (Wildman–Crippen LogP) is 1.97. The van der Waals surface area contributed by atoms with Gasteiger partial charge in [-0.25, -0.2) is 13.1 Å². The normalized spacial score (nSPS) is 11.1. The largest absolute Gasteiger partial charge is 0.496 e. The number of amides is 1. The summed E-state index contributed by atoms with van der Waals surface area (Å²) in [6, 6.07) is 13.6. The zero-order valence-electron chi connectivity index (χ0n) is 14.3. The van der Waals surface area contributed by atoms with Crippen molar-refractivity contribution in [1.82, 2.24) is 10.0 Å². The van der Waals surface area contributed by atoms with Crippen LogP contribution in [0, 0.1) is 0 Å². The SMILES string of the molecule is CCc1ccc(S(=O)(=O)NCCNC(=O)c2ccccc2OC)cc1. The highest BCUT2D eigenvalue weighted by Gasteiger charge is 2.14. The first-order valence-corrected chi connectivity index (χ1v) is 9.46. The van der Waals surface area contributed by atoms with Gasteiger partial charge in [-0.05, 0) is 36.2 Å². The van der Waals surface area contributed by atoms with E-state index >= 15 is 0 Å². The number of rotatable bonds is 8. The Morgan fingerprint density at radius 2 is 1.72 bits per heavy atom. The third-order valence-corrected chi connectivity index (χ3v) is 5.17. The lowest BCUT2D eigenvalue weighted by molar-refractivity contribution is 0.0951. The smallest absolute Gasteiger partial charge is 0.255 e. The second-order valence-electron chi connectivity index (χ2n) is 5.35. The van der Waals surface area contributed by atoms with Crippen LogP contribution in [0.15, 0.2) is 53.4 Å². The number of hydrogen-bond donors (Lipinski definition) is 2. The molecule has 0 spiro atoms. The second-order valence-corrected chi connectivity index (χ2v) is 7.12. The molecule has 0 unspecified atom stereocenters. The number of carbonyl (C=O) groups is 1. The molecule has 0 atom stereocenters. The molecular weight excluding hydrogens is 340 g/mol. The first-order valence-electron chi connectivity index (χ1n) is 7.97. The number of methoxy groups -OCH3 is 1. The molecule has 7 heteroatoms. The van der Waals surface area contributed by atoms with Crippen LogP contribution in [0.1, 0.15) is 22.8 Å². The van der Waals surface area contributed by atoms with Gasteiger partial charge in [0.15, 0.2) is 0 Å². The summed E-state index contributed by atoms with van der Waals surface area (Å²) in [5, 5.41) is 2.67. The van der Waals surface area contributed by atoms with Crippen LogP contribution >= 0.6 is 0 Å². The lowest BCUT2D eigenvalue weighted by Crippen LogP contribution is -2.34. The van der Waals surface area contributed by atoms with Gasteiger partial charge in [-0.2, -0.15) is 0 Å². The number of ether oxygens (including phenoxy) is 1. The van der Waals surface area contributed by atoms with Gasteiger partial charge in [-0.3, -0.25) is 4.79 Å². The van der Waals surface area contributed by atoms with E-state index in [1.807, 2.05) is 6.92 Å². The van der Waals surface area contributed by atoms with E-state index in [-0.39, 0.29) is 23.9 Å². The van der Waals surface area contributed by atoms with Crippen molar-refractivity contribution in [2.45, 2.75) is 18.2 Å². The van der Waals surface area contributed by atoms with Crippen LogP contribution in [0.25, 0.3) is 0 Å². The van der Waals surface area contributed by atoms with Crippen molar-refractivity contribution in [2.75, 3.05) is 20.2 Å². The van der Waals surface area contributed by atoms with Gasteiger partial charge in [0.1, 0.15) is 5.75 Å². The third-order valence-electron chi connectivity index (χ3n) is 3.70. The van der Waals surface area contributed by atoms with Crippen LogP contribution in [-0.2, 0) is 16.4 Å². The van der Waals surface area contributed by atoms with Gasteiger partial charge in [-0.15, -0.1) is 0 Å². The van der Waals surface area contributed by atoms with Crippen molar-refractivity contribution >= 4 is 15.9 Å². The van der Waals surface area contributed by atoms with E-state index in [4.69, 9.17) is 4.74 Å². The molecule has 0 bridgehead atoms. The van der Waals surface area contributed by atoms with Crippen LogP contribution in [0.4, 0.5) is 0 Å². The number of aryl methyl sites for hydroxylation is 1. The molecule has 25 heavy (non-hydrogen) atoms. The van der Waals surface area contributed by atoms with Gasteiger partial charge < -0.3 is 10.1 Å². The summed E-state index contributed by atoms with van der Waals surface area (Å²) in [6.45, 7) is 2.27. The molecule has 2 aromatic carbocycles. The summed E-state index contributed by atoms with van der Waals surface area (Å²) in [4.78, 5) is 12.3. The van der Waals surface area contributed by atoms with Crippen molar-refractivity contribution in [1.29, 1.82) is 0 Å². The molecule has 2 rings (SSSR count). The molecule has 134 valence electrons. The Bertz CT molecular complexity index is 817. The van der Waals surface area contributed by atoms with Gasteiger partial charge in [0.2, 0.25) is 10.0 Å². The van der Waals surface area contributed by atoms with E-state index in [1.54, 1.807) is 48.5 Å². The Hall–Kier alpha value is -2.38. The fraction of sp³-hybridized carbons (Fsp3) is 0.278. The molecule has 2 aromatic rings. The molecule has 0 fully saturated rings. The van der Waals surface area contributed by atoms with Crippen LogP contribution in [0.2, 0.25) is 0 Å². The summed E-state index contributed by atoms with van der Waals surface area (Å²) >= 11 is 0. The fourth-order valence-corrected chi connectivity index (χ4v) is 3.31. The molecule has 0 saturated heterocycles. The molecule has 1 amide bonds. The average Bonchev–Trinajstić information content (AvgIpc) is 2.65. The Kier molecular flexibility index (Phi) is 6.55. The van der Waals surface area contributed by atoms with Crippen molar-refractivity contribution in [3.63, 3.8) is 0 Å². The van der Waals surface area contributed by atoms with Crippen LogP contribution < -0.4 is 14.8 Å². The first-order chi connectivity index (χ1) is 12.0. The Morgan fingerprint density at radius 3 is 2.36 bits per heavy atom. The van der Waals surface area contributed by atoms with Gasteiger partial charge in [0, 0.05) is 13.1 Å². The molecular formula is C18H22N2O4S. The van der Waals surface area contributed by atoms with Crippen molar-refractivity contribution in [3.8, 4) is 5.75 Å². The molecule has 0 heterocycles. The highest BCUT2D eigenvalue weighted by Crippen LogP contribution is 2.16. The van der Waals surface area contributed by atoms with E-state index in [2.05, 4.69) is 10.0 Å². The summed E-state index contributed by atoms with van der Waals surface area (Å²) in [5.74, 6) is 0.153. The van der Waals surface area contributed by atoms with E-state index in [0.717, 1.165) is 12.0 Å². The Morgan fingerprint density at radius 1 is 1.04 bits per heavy atom. The maximum Gasteiger partial charge on any atom is 0.255 e. The van der Waals surface area contributed by atoms with Crippen LogP contribution in [0.3, 0.4) is 0 Å². The molecule has 0 aliphatic rings. The van der Waals surface area contributed by atoms with Gasteiger partial charge in [-0.1, -0.05) is 31.2 Å². The zero-order chi connectivity index (χ0) is 18.3. The standard InChI is InChI=1S/C18H22N2O4S/c1-3-14-8-10-15(11-9-14)25(22,23)20-13-12-19-18(21)16-6-4-5-7-17(16)24-2/h4-11,20H,3,12-13H2,1-2H3,(H,19,21). The predicted molar refractivity (Wildman–Crippen MR) is 96.3 cm³/mol. The number of hydrogen-bond acceptors (Lipinski definition) is 4. The summed E-state index contributed by atoms with van der Waals surface area (Å²) < 4.78 is 32.0. The number of benzene rings is 2. The van der Waals surface area contributed by atoms with Crippen molar-refractivity contribution in [2.24, 2.45) is 0 Å². The van der Waals surface area contributed by atoms with Gasteiger partial charge in [0.25, 0.3) is 5.91 Å². The highest BCUT2D eigenvalue weighted by molar-refractivity contribution is 7.89. The maximum absolute atomic E-state index is 12.2. The summed E-state index contributed by atoms with van der Waals surface area (Å²) in [6.07, 6.45) is 0.850. The molecule has 6 nitrogen and oxygen atoms in total. The van der Waals surface area contributed by atoms with Gasteiger partial charge >= 0.3 is 0 Å². The summed E-state index contributed by atoms with van der Waals surface area (Å²) in [7, 11) is -2.10. The molecule has 0 aliphatic heterocycles. The fourth-order valence-electron chi connectivity index (χ4n) is 2.28. The van der Waals surface area contributed by atoms with E-state index < -0.39 is 10.0 Å². The first kappa shape index (κ1) is 19.0. The minimum atomic E-state index is -3.59. The molecule has 0 aliphatic carbocycles. The lowest BCUT2D eigenvalue weighted by Gasteiger charge is -2.10. The maximum atomic E-state index is 12.2. The topological polar surface area (TPSA) is 84.5 Å². The Labute approximate surface area is 148 Å². The molecule has 0 radical (unpaired) electrons. The van der Waals surface area contributed by atoms with Crippen molar-refractivity contribution < 1.29 is 17.9 Å². The molecule has 0 aromatic heterocycles. The van der Waals surface area contributed by atoms with Crippen LogP contribution in [0.5, 0.6) is 5.75 Å². The number of sulfonamides is 1. The molecule has 2 N–H and O–H groups in total. The van der Waals surface area contributed by atoms with Gasteiger partial charge in [0.05, 0.1) is 17.6 Å². The minimum absolute atomic E-state index is 0.0960. The number of carbonyl (C=O) groups excluding carboxylic acids is 1. The Balaban J connectivity index is 1.88. The summed E-state index contributed by atoms with van der Waals surface area (Å²) in [5.41, 5.74) is 1.48.